The molecule has 0 aliphatic carbocycles. The Labute approximate surface area is 305 Å². The Hall–Kier alpha value is -6.62. The Balaban J connectivity index is 1.14. The van der Waals surface area contributed by atoms with E-state index < -0.39 is 0 Å². The first-order valence-corrected chi connectivity index (χ1v) is 18.3. The Morgan fingerprint density at radius 3 is 1.54 bits per heavy atom. The van der Waals surface area contributed by atoms with Crippen LogP contribution in [0.3, 0.4) is 0 Å². The zero-order valence-electron chi connectivity index (χ0n) is 28.1. The summed E-state index contributed by atoms with van der Waals surface area (Å²) in [5, 5.41) is 0. The van der Waals surface area contributed by atoms with Gasteiger partial charge in [0, 0.05) is 11.1 Å². The normalized spacial score (nSPS) is 11.5. The maximum atomic E-state index is 5.13. The van der Waals surface area contributed by atoms with E-state index in [1.807, 2.05) is 12.1 Å². The second kappa shape index (κ2) is 12.6. The van der Waals surface area contributed by atoms with Crippen LogP contribution in [-0.4, -0.2) is 14.4 Å². The molecule has 0 unspecified atom stereocenters. The minimum Gasteiger partial charge on any atom is -0.283 e. The predicted molar refractivity (Wildman–Crippen MR) is 218 cm³/mol. The standard InChI is InChI=1S/C48H31N3S/c1-5-13-32(14-6-1)37-23-26-47-46(30-37)51-45-31-38(22-25-42(45)50-48(51)52-47)40-24-21-36(27-41(40)33-15-7-2-8-16-33)39-28-43(34-17-9-3-10-18-34)49-44(29-39)35-19-11-4-12-20-35/h1-31H. The van der Waals surface area contributed by atoms with Crippen LogP contribution in [0.5, 0.6) is 0 Å². The smallest absolute Gasteiger partial charge is 0.195 e. The van der Waals surface area contributed by atoms with Gasteiger partial charge in [-0.2, -0.15) is 0 Å². The summed E-state index contributed by atoms with van der Waals surface area (Å²) in [6, 6.07) is 66.9. The fraction of sp³-hybridized carbons (Fsp3) is 0. The van der Waals surface area contributed by atoms with Crippen molar-refractivity contribution in [1.29, 1.82) is 0 Å². The highest BCUT2D eigenvalue weighted by Gasteiger charge is 2.17. The van der Waals surface area contributed by atoms with Crippen molar-refractivity contribution in [2.45, 2.75) is 0 Å². The predicted octanol–water partition coefficient (Wildman–Crippen LogP) is 13.1. The number of fused-ring (bicyclic) bond motifs is 5. The van der Waals surface area contributed by atoms with E-state index in [1.54, 1.807) is 11.3 Å². The Morgan fingerprint density at radius 1 is 0.346 bits per heavy atom. The summed E-state index contributed by atoms with van der Waals surface area (Å²) in [6.07, 6.45) is 0. The third-order valence-electron chi connectivity index (χ3n) is 9.85. The summed E-state index contributed by atoms with van der Waals surface area (Å²) in [6.45, 7) is 0. The monoisotopic (exact) mass is 681 g/mol. The summed E-state index contributed by atoms with van der Waals surface area (Å²) >= 11 is 1.74. The summed E-state index contributed by atoms with van der Waals surface area (Å²) in [5.41, 5.74) is 16.8. The van der Waals surface area contributed by atoms with Gasteiger partial charge in [-0.15, -0.1) is 0 Å². The second-order valence-electron chi connectivity index (χ2n) is 13.1. The van der Waals surface area contributed by atoms with E-state index in [9.17, 15) is 0 Å². The summed E-state index contributed by atoms with van der Waals surface area (Å²) in [4.78, 5) is 11.2. The van der Waals surface area contributed by atoms with E-state index >= 15 is 0 Å². The number of hydrogen-bond acceptors (Lipinski definition) is 3. The molecule has 4 heteroatoms. The molecule has 52 heavy (non-hydrogen) atoms. The van der Waals surface area contributed by atoms with Gasteiger partial charge in [0.05, 0.1) is 32.6 Å². The van der Waals surface area contributed by atoms with E-state index in [1.165, 1.54) is 38.0 Å². The highest BCUT2D eigenvalue weighted by Crippen LogP contribution is 2.40. The number of nitrogens with zero attached hydrogens (tertiary/aromatic N) is 3. The highest BCUT2D eigenvalue weighted by atomic mass is 32.1. The molecule has 7 aromatic carbocycles. The number of pyridine rings is 1. The maximum absolute atomic E-state index is 5.13. The molecule has 0 aliphatic rings. The van der Waals surface area contributed by atoms with Gasteiger partial charge in [0.1, 0.15) is 0 Å². The number of hydrogen-bond donors (Lipinski definition) is 0. The lowest BCUT2D eigenvalue weighted by molar-refractivity contribution is 1.32. The zero-order valence-corrected chi connectivity index (χ0v) is 29.0. The molecule has 10 rings (SSSR count). The molecule has 0 spiro atoms. The lowest BCUT2D eigenvalue weighted by Crippen LogP contribution is -1.92. The molecule has 0 atom stereocenters. The first-order valence-electron chi connectivity index (χ1n) is 17.5. The molecule has 0 bridgehead atoms. The largest absolute Gasteiger partial charge is 0.283 e. The minimum absolute atomic E-state index is 0.955. The van der Waals surface area contributed by atoms with Crippen molar-refractivity contribution in [2.24, 2.45) is 0 Å². The van der Waals surface area contributed by atoms with E-state index in [0.717, 1.165) is 55.2 Å². The Morgan fingerprint density at radius 2 is 0.885 bits per heavy atom. The molecule has 3 nitrogen and oxygen atoms in total. The van der Waals surface area contributed by atoms with Crippen LogP contribution >= 0.6 is 11.3 Å². The number of imidazole rings is 1. The number of aromatic nitrogens is 3. The molecule has 0 amide bonds. The van der Waals surface area contributed by atoms with Crippen LogP contribution in [0.15, 0.2) is 188 Å². The van der Waals surface area contributed by atoms with Crippen LogP contribution in [0, 0.1) is 0 Å². The average Bonchev–Trinajstić information content (AvgIpc) is 3.77. The van der Waals surface area contributed by atoms with Gasteiger partial charge < -0.3 is 0 Å². The van der Waals surface area contributed by atoms with E-state index in [2.05, 4.69) is 180 Å². The molecule has 10 aromatic rings. The van der Waals surface area contributed by atoms with Crippen molar-refractivity contribution in [1.82, 2.24) is 14.4 Å². The summed E-state index contributed by atoms with van der Waals surface area (Å²) in [7, 11) is 0. The highest BCUT2D eigenvalue weighted by molar-refractivity contribution is 7.23. The van der Waals surface area contributed by atoms with Gasteiger partial charge in [-0.05, 0) is 87.0 Å². The maximum Gasteiger partial charge on any atom is 0.195 e. The van der Waals surface area contributed by atoms with Crippen molar-refractivity contribution >= 4 is 37.5 Å². The van der Waals surface area contributed by atoms with E-state index in [4.69, 9.17) is 9.97 Å². The average molecular weight is 682 g/mol. The van der Waals surface area contributed by atoms with E-state index in [0.29, 0.717) is 0 Å². The third-order valence-corrected chi connectivity index (χ3v) is 10.9. The van der Waals surface area contributed by atoms with Crippen molar-refractivity contribution in [2.75, 3.05) is 0 Å². The first-order chi connectivity index (χ1) is 25.7. The molecule has 0 saturated heterocycles. The molecule has 3 heterocycles. The fourth-order valence-corrected chi connectivity index (χ4v) is 8.27. The first kappa shape index (κ1) is 30.2. The number of thiazole rings is 1. The van der Waals surface area contributed by atoms with Gasteiger partial charge in [0.15, 0.2) is 4.96 Å². The van der Waals surface area contributed by atoms with Gasteiger partial charge >= 0.3 is 0 Å². The summed E-state index contributed by atoms with van der Waals surface area (Å²) < 4.78 is 3.56. The van der Waals surface area contributed by atoms with Gasteiger partial charge in [-0.1, -0.05) is 157 Å². The molecular formula is C48H31N3S. The van der Waals surface area contributed by atoms with Gasteiger partial charge in [0.25, 0.3) is 0 Å². The van der Waals surface area contributed by atoms with Crippen molar-refractivity contribution < 1.29 is 0 Å². The summed E-state index contributed by atoms with van der Waals surface area (Å²) in [5.74, 6) is 0. The lowest BCUT2D eigenvalue weighted by atomic mass is 9.90. The molecule has 0 aliphatic heterocycles. The van der Waals surface area contributed by atoms with Gasteiger partial charge in [-0.25, -0.2) is 9.97 Å². The zero-order chi connectivity index (χ0) is 34.4. The van der Waals surface area contributed by atoms with Crippen molar-refractivity contribution in [3.63, 3.8) is 0 Å². The fourth-order valence-electron chi connectivity index (χ4n) is 7.25. The lowest BCUT2D eigenvalue weighted by Gasteiger charge is -2.15. The molecule has 244 valence electrons. The third kappa shape index (κ3) is 5.38. The van der Waals surface area contributed by atoms with Crippen molar-refractivity contribution in [3.8, 4) is 67.0 Å². The van der Waals surface area contributed by atoms with Crippen LogP contribution in [0.1, 0.15) is 0 Å². The van der Waals surface area contributed by atoms with Crippen LogP contribution in [0.2, 0.25) is 0 Å². The molecule has 0 radical (unpaired) electrons. The Bertz CT molecular complexity index is 2820. The quantitative estimate of drug-likeness (QED) is 0.175. The van der Waals surface area contributed by atoms with Crippen molar-refractivity contribution in [3.05, 3.63) is 188 Å². The van der Waals surface area contributed by atoms with Crippen LogP contribution < -0.4 is 0 Å². The van der Waals surface area contributed by atoms with Crippen LogP contribution in [0.4, 0.5) is 0 Å². The molecular weight excluding hydrogens is 651 g/mol. The Kier molecular flexibility index (Phi) is 7.33. The molecule has 0 fully saturated rings. The minimum atomic E-state index is 0.955. The van der Waals surface area contributed by atoms with Crippen LogP contribution in [-0.2, 0) is 0 Å². The topological polar surface area (TPSA) is 30.2 Å². The second-order valence-corrected chi connectivity index (χ2v) is 14.1. The number of benzene rings is 7. The molecule has 0 saturated carbocycles. The molecule has 3 aromatic heterocycles. The molecule has 0 N–H and O–H groups in total. The SMILES string of the molecule is c1ccc(-c2ccc3sc4nc5ccc(-c6ccc(-c7cc(-c8ccccc8)nc(-c8ccccc8)c7)cc6-c6ccccc6)cc5n4c3c2)cc1. The van der Waals surface area contributed by atoms with Crippen LogP contribution in [0.25, 0.3) is 93.2 Å². The van der Waals surface area contributed by atoms with E-state index in [-0.39, 0.29) is 0 Å². The number of rotatable bonds is 6. The van der Waals surface area contributed by atoms with Gasteiger partial charge in [-0.3, -0.25) is 4.40 Å². The van der Waals surface area contributed by atoms with Gasteiger partial charge in [0.2, 0.25) is 0 Å².